The van der Waals surface area contributed by atoms with Crippen LogP contribution in [0.15, 0.2) is 54.6 Å². The van der Waals surface area contributed by atoms with Gasteiger partial charge in [-0.2, -0.15) is 0 Å². The zero-order chi connectivity index (χ0) is 19.4. The van der Waals surface area contributed by atoms with Crippen molar-refractivity contribution >= 4 is 11.6 Å². The first kappa shape index (κ1) is 19.9. The topological polar surface area (TPSA) is 12.5 Å². The minimum Gasteiger partial charge on any atom is -0.377 e. The van der Waals surface area contributed by atoms with Gasteiger partial charge in [0.15, 0.2) is 0 Å². The molecule has 0 aromatic heterocycles. The number of likely N-dealkylation sites (tertiary alicyclic amines) is 1. The smallest absolute Gasteiger partial charge is 0.0824 e. The summed E-state index contributed by atoms with van der Waals surface area (Å²) in [7, 11) is 1.85. The molecule has 1 heterocycles. The number of methoxy groups -OCH3 is 1. The highest BCUT2D eigenvalue weighted by Gasteiger charge is 2.40. The molecule has 2 aliphatic rings. The van der Waals surface area contributed by atoms with Gasteiger partial charge in [-0.1, -0.05) is 60.5 Å². The summed E-state index contributed by atoms with van der Waals surface area (Å²) in [5.41, 5.74) is 3.12. The Balaban J connectivity index is 1.40. The summed E-state index contributed by atoms with van der Waals surface area (Å²) in [4.78, 5) is 2.72. The van der Waals surface area contributed by atoms with Gasteiger partial charge >= 0.3 is 0 Å². The molecule has 2 aromatic rings. The van der Waals surface area contributed by atoms with E-state index in [1.165, 1.54) is 62.9 Å². The molecule has 1 aliphatic carbocycles. The normalized spacial score (nSPS) is 23.1. The molecular weight excluding hydrogens is 366 g/mol. The Hall–Kier alpha value is -1.35. The number of halogens is 1. The van der Waals surface area contributed by atoms with Crippen LogP contribution in [-0.4, -0.2) is 31.6 Å². The molecule has 0 radical (unpaired) electrons. The Morgan fingerprint density at radius 3 is 2.46 bits per heavy atom. The largest absolute Gasteiger partial charge is 0.377 e. The number of piperidine rings is 1. The average molecular weight is 398 g/mol. The van der Waals surface area contributed by atoms with Crippen LogP contribution >= 0.6 is 11.6 Å². The van der Waals surface area contributed by atoms with Gasteiger partial charge in [0.05, 0.1) is 6.10 Å². The molecule has 2 unspecified atom stereocenters. The average Bonchev–Trinajstić information content (AvgIpc) is 2.71. The fourth-order valence-electron chi connectivity index (χ4n) is 5.20. The lowest BCUT2D eigenvalue weighted by Gasteiger charge is -2.47. The molecule has 0 amide bonds. The summed E-state index contributed by atoms with van der Waals surface area (Å²) < 4.78 is 5.86. The van der Waals surface area contributed by atoms with Crippen molar-refractivity contribution in [2.45, 2.75) is 50.0 Å². The minimum absolute atomic E-state index is 0.208. The molecule has 0 spiro atoms. The molecule has 2 atom stereocenters. The van der Waals surface area contributed by atoms with Gasteiger partial charge in [-0.3, -0.25) is 0 Å². The molecule has 1 aliphatic heterocycles. The van der Waals surface area contributed by atoms with E-state index in [1.807, 2.05) is 7.11 Å². The lowest BCUT2D eigenvalue weighted by molar-refractivity contribution is 0.0479. The van der Waals surface area contributed by atoms with E-state index in [4.69, 9.17) is 16.3 Å². The highest BCUT2D eigenvalue weighted by molar-refractivity contribution is 6.30. The Bertz CT molecular complexity index is 741. The third kappa shape index (κ3) is 4.45. The van der Waals surface area contributed by atoms with Crippen molar-refractivity contribution < 1.29 is 4.74 Å². The second kappa shape index (κ2) is 8.98. The second-order valence-electron chi connectivity index (χ2n) is 8.75. The van der Waals surface area contributed by atoms with Crippen molar-refractivity contribution in [1.29, 1.82) is 0 Å². The van der Waals surface area contributed by atoms with E-state index in [9.17, 15) is 0 Å². The number of nitrogens with zero attached hydrogens (tertiary/aromatic N) is 1. The van der Waals surface area contributed by atoms with Crippen LogP contribution < -0.4 is 0 Å². The maximum Gasteiger partial charge on any atom is 0.0824 e. The van der Waals surface area contributed by atoms with Crippen molar-refractivity contribution in [2.75, 3.05) is 26.7 Å². The Kier molecular flexibility index (Phi) is 6.40. The van der Waals surface area contributed by atoms with E-state index < -0.39 is 0 Å². The molecule has 2 aromatic carbocycles. The van der Waals surface area contributed by atoms with Gasteiger partial charge in [0.1, 0.15) is 0 Å². The quantitative estimate of drug-likeness (QED) is 0.547. The molecule has 4 rings (SSSR count). The molecular formula is C25H32ClNO. The number of hydrogen-bond donors (Lipinski definition) is 0. The van der Waals surface area contributed by atoms with Crippen LogP contribution in [-0.2, 0) is 10.2 Å². The number of hydrogen-bond acceptors (Lipinski definition) is 2. The predicted molar refractivity (Wildman–Crippen MR) is 117 cm³/mol. The molecule has 28 heavy (non-hydrogen) atoms. The van der Waals surface area contributed by atoms with E-state index in [0.717, 1.165) is 11.4 Å². The van der Waals surface area contributed by atoms with Crippen LogP contribution in [0.3, 0.4) is 0 Å². The van der Waals surface area contributed by atoms with Gasteiger partial charge in [-0.15, -0.1) is 0 Å². The van der Waals surface area contributed by atoms with Crippen molar-refractivity contribution in [3.05, 3.63) is 70.7 Å². The molecule has 3 heteroatoms. The van der Waals surface area contributed by atoms with E-state index in [0.29, 0.717) is 11.3 Å². The van der Waals surface area contributed by atoms with Gasteiger partial charge in [0, 0.05) is 30.6 Å². The van der Waals surface area contributed by atoms with Crippen LogP contribution in [0, 0.1) is 5.92 Å². The maximum absolute atomic E-state index is 6.12. The fourth-order valence-corrected chi connectivity index (χ4v) is 5.33. The van der Waals surface area contributed by atoms with E-state index in [2.05, 4.69) is 59.5 Å². The van der Waals surface area contributed by atoms with Crippen LogP contribution in [0.5, 0.6) is 0 Å². The summed E-state index contributed by atoms with van der Waals surface area (Å²) in [6.45, 7) is 3.62. The minimum atomic E-state index is 0.208. The van der Waals surface area contributed by atoms with Gasteiger partial charge in [0.2, 0.25) is 0 Å². The van der Waals surface area contributed by atoms with E-state index >= 15 is 0 Å². The van der Waals surface area contributed by atoms with Crippen LogP contribution in [0.4, 0.5) is 0 Å². The fraction of sp³-hybridized carbons (Fsp3) is 0.520. The Labute approximate surface area is 174 Å². The third-order valence-electron chi connectivity index (χ3n) is 6.90. The van der Waals surface area contributed by atoms with Gasteiger partial charge < -0.3 is 9.64 Å². The molecule has 0 N–H and O–H groups in total. The van der Waals surface area contributed by atoms with Crippen molar-refractivity contribution in [3.8, 4) is 0 Å². The standard InChI is InChI=1S/C25H32ClNO/c1-28-24(21-8-3-2-4-9-21)17-20-7-5-16-27(18-20)19-25(14-6-15-25)22-10-12-23(26)13-11-22/h2-4,8-13,20,24H,5-7,14-19H2,1H3. The van der Waals surface area contributed by atoms with Crippen molar-refractivity contribution in [1.82, 2.24) is 4.90 Å². The second-order valence-corrected chi connectivity index (χ2v) is 9.19. The van der Waals surface area contributed by atoms with Gasteiger partial charge in [0.25, 0.3) is 0 Å². The molecule has 150 valence electrons. The van der Waals surface area contributed by atoms with Crippen molar-refractivity contribution in [3.63, 3.8) is 0 Å². The number of benzene rings is 2. The third-order valence-corrected chi connectivity index (χ3v) is 7.15. The first-order valence-electron chi connectivity index (χ1n) is 10.7. The van der Waals surface area contributed by atoms with E-state index in [1.54, 1.807) is 0 Å². The van der Waals surface area contributed by atoms with Crippen LogP contribution in [0.1, 0.15) is 55.8 Å². The summed E-state index contributed by atoms with van der Waals surface area (Å²) in [6.07, 6.45) is 7.90. The highest BCUT2D eigenvalue weighted by atomic mass is 35.5. The first-order valence-corrected chi connectivity index (χ1v) is 11.1. The van der Waals surface area contributed by atoms with Gasteiger partial charge in [-0.25, -0.2) is 0 Å². The molecule has 2 nitrogen and oxygen atoms in total. The van der Waals surface area contributed by atoms with Gasteiger partial charge in [-0.05, 0) is 67.8 Å². The lowest BCUT2D eigenvalue weighted by Crippen LogP contribution is -2.48. The van der Waals surface area contributed by atoms with Crippen LogP contribution in [0.2, 0.25) is 5.02 Å². The zero-order valence-electron chi connectivity index (χ0n) is 16.9. The van der Waals surface area contributed by atoms with E-state index in [-0.39, 0.29) is 6.10 Å². The molecule has 1 saturated carbocycles. The van der Waals surface area contributed by atoms with Crippen molar-refractivity contribution in [2.24, 2.45) is 5.92 Å². The lowest BCUT2D eigenvalue weighted by atomic mass is 9.64. The summed E-state index contributed by atoms with van der Waals surface area (Å²) in [6, 6.07) is 19.3. The summed E-state index contributed by atoms with van der Waals surface area (Å²) in [5.74, 6) is 0.709. The number of ether oxygens (including phenoxy) is 1. The highest BCUT2D eigenvalue weighted by Crippen LogP contribution is 2.45. The Morgan fingerprint density at radius 2 is 1.82 bits per heavy atom. The molecule has 0 bridgehead atoms. The zero-order valence-corrected chi connectivity index (χ0v) is 17.7. The first-order chi connectivity index (χ1) is 13.7. The SMILES string of the molecule is COC(CC1CCCN(CC2(c3ccc(Cl)cc3)CCC2)C1)c1ccccc1. The Morgan fingerprint density at radius 1 is 1.07 bits per heavy atom. The number of rotatable bonds is 7. The predicted octanol–water partition coefficient (Wildman–Crippen LogP) is 6.25. The van der Waals surface area contributed by atoms with Crippen LogP contribution in [0.25, 0.3) is 0 Å². The monoisotopic (exact) mass is 397 g/mol. The summed E-state index contributed by atoms with van der Waals surface area (Å²) in [5, 5.41) is 0.836. The summed E-state index contributed by atoms with van der Waals surface area (Å²) >= 11 is 6.12. The molecule has 2 fully saturated rings. The molecule has 1 saturated heterocycles. The maximum atomic E-state index is 6.12.